The summed E-state index contributed by atoms with van der Waals surface area (Å²) < 4.78 is 28.5. The molecule has 0 heterocycles. The molecule has 104 valence electrons. The van der Waals surface area contributed by atoms with Gasteiger partial charge in [-0.05, 0) is 49.4 Å². The maximum absolute atomic E-state index is 14.4. The predicted molar refractivity (Wildman–Crippen MR) is 73.6 cm³/mol. The van der Waals surface area contributed by atoms with Gasteiger partial charge in [-0.1, -0.05) is 29.8 Å². The Morgan fingerprint density at radius 2 is 1.85 bits per heavy atom. The largest absolute Gasteiger partial charge is 0.380 e. The van der Waals surface area contributed by atoms with Gasteiger partial charge >= 0.3 is 0 Å². The first kappa shape index (κ1) is 13.3. The summed E-state index contributed by atoms with van der Waals surface area (Å²) in [5.74, 6) is -1.34. The van der Waals surface area contributed by atoms with Crippen molar-refractivity contribution in [2.45, 2.75) is 32.3 Å². The molecule has 0 fully saturated rings. The number of benzene rings is 2. The quantitative estimate of drug-likeness (QED) is 0.839. The van der Waals surface area contributed by atoms with E-state index < -0.39 is 17.2 Å². The zero-order valence-corrected chi connectivity index (χ0v) is 11.5. The standard InChI is InChI=1S/C17H16F2O/c1-10-3-5-12-7-8-17(20,13(12)9-10)15-14(18)6-4-11(2)16(15)19/h3-6,9,20H,7-8H2,1-2H3. The third kappa shape index (κ3) is 1.77. The average Bonchev–Trinajstić information content (AvgIpc) is 2.73. The van der Waals surface area contributed by atoms with Gasteiger partial charge < -0.3 is 5.11 Å². The lowest BCUT2D eigenvalue weighted by Gasteiger charge is -2.26. The summed E-state index contributed by atoms with van der Waals surface area (Å²) in [7, 11) is 0. The molecule has 1 unspecified atom stereocenters. The summed E-state index contributed by atoms with van der Waals surface area (Å²) in [5.41, 5.74) is 1.11. The van der Waals surface area contributed by atoms with Crippen molar-refractivity contribution in [3.05, 3.63) is 69.8 Å². The van der Waals surface area contributed by atoms with Crippen molar-refractivity contribution < 1.29 is 13.9 Å². The van der Waals surface area contributed by atoms with E-state index in [2.05, 4.69) is 0 Å². The zero-order valence-electron chi connectivity index (χ0n) is 11.5. The molecule has 0 bridgehead atoms. The zero-order chi connectivity index (χ0) is 14.5. The highest BCUT2D eigenvalue weighted by molar-refractivity contribution is 5.48. The van der Waals surface area contributed by atoms with E-state index in [1.54, 1.807) is 6.92 Å². The lowest BCUT2D eigenvalue weighted by Crippen LogP contribution is -2.27. The van der Waals surface area contributed by atoms with Gasteiger partial charge in [0.2, 0.25) is 0 Å². The SMILES string of the molecule is Cc1ccc2c(c1)C(O)(c1c(F)ccc(C)c1F)CC2. The van der Waals surface area contributed by atoms with Crippen molar-refractivity contribution in [3.63, 3.8) is 0 Å². The van der Waals surface area contributed by atoms with E-state index in [1.807, 2.05) is 25.1 Å². The van der Waals surface area contributed by atoms with Gasteiger partial charge in [-0.2, -0.15) is 0 Å². The van der Waals surface area contributed by atoms with Gasteiger partial charge in [-0.25, -0.2) is 8.78 Å². The maximum Gasteiger partial charge on any atom is 0.135 e. The van der Waals surface area contributed by atoms with Gasteiger partial charge in [0.25, 0.3) is 0 Å². The molecule has 1 aliphatic carbocycles. The Bertz CT molecular complexity index is 694. The van der Waals surface area contributed by atoms with Crippen LogP contribution in [0.4, 0.5) is 8.78 Å². The Morgan fingerprint density at radius 3 is 2.60 bits per heavy atom. The minimum absolute atomic E-state index is 0.221. The maximum atomic E-state index is 14.4. The smallest absolute Gasteiger partial charge is 0.135 e. The fourth-order valence-electron chi connectivity index (χ4n) is 3.04. The van der Waals surface area contributed by atoms with E-state index in [1.165, 1.54) is 12.1 Å². The molecule has 0 radical (unpaired) electrons. The molecule has 3 heteroatoms. The Balaban J connectivity index is 2.27. The number of fused-ring (bicyclic) bond motifs is 1. The molecule has 1 atom stereocenters. The second-order valence-corrected chi connectivity index (χ2v) is 5.57. The lowest BCUT2D eigenvalue weighted by molar-refractivity contribution is 0.0744. The van der Waals surface area contributed by atoms with Crippen LogP contribution in [0.2, 0.25) is 0 Å². The fourth-order valence-corrected chi connectivity index (χ4v) is 3.04. The van der Waals surface area contributed by atoms with Crippen LogP contribution in [-0.4, -0.2) is 5.11 Å². The van der Waals surface area contributed by atoms with Crippen LogP contribution in [0.3, 0.4) is 0 Å². The van der Waals surface area contributed by atoms with Crippen molar-refractivity contribution in [2.75, 3.05) is 0 Å². The topological polar surface area (TPSA) is 20.2 Å². The molecule has 0 spiro atoms. The van der Waals surface area contributed by atoms with Gasteiger partial charge in [-0.15, -0.1) is 0 Å². The Kier molecular flexibility index (Phi) is 2.91. The first-order valence-corrected chi connectivity index (χ1v) is 6.71. The van der Waals surface area contributed by atoms with Crippen LogP contribution in [0.5, 0.6) is 0 Å². The van der Waals surface area contributed by atoms with Crippen LogP contribution in [0, 0.1) is 25.5 Å². The molecule has 1 nitrogen and oxygen atoms in total. The van der Waals surface area contributed by atoms with Crippen LogP contribution < -0.4 is 0 Å². The van der Waals surface area contributed by atoms with Gasteiger partial charge in [0, 0.05) is 0 Å². The fraction of sp³-hybridized carbons (Fsp3) is 0.294. The molecule has 0 saturated carbocycles. The first-order valence-electron chi connectivity index (χ1n) is 6.71. The van der Waals surface area contributed by atoms with Gasteiger partial charge in [0.15, 0.2) is 0 Å². The van der Waals surface area contributed by atoms with E-state index in [0.717, 1.165) is 11.1 Å². The van der Waals surface area contributed by atoms with Crippen LogP contribution in [0.15, 0.2) is 30.3 Å². The summed E-state index contributed by atoms with van der Waals surface area (Å²) in [5, 5.41) is 10.9. The number of halogens is 2. The third-order valence-corrected chi connectivity index (χ3v) is 4.16. The molecule has 3 rings (SSSR count). The van der Waals surface area contributed by atoms with Crippen molar-refractivity contribution in [3.8, 4) is 0 Å². The van der Waals surface area contributed by atoms with Crippen molar-refractivity contribution in [2.24, 2.45) is 0 Å². The van der Waals surface area contributed by atoms with Crippen LogP contribution in [0.25, 0.3) is 0 Å². The highest BCUT2D eigenvalue weighted by Crippen LogP contribution is 2.44. The molecule has 20 heavy (non-hydrogen) atoms. The van der Waals surface area contributed by atoms with Gasteiger partial charge in [-0.3, -0.25) is 0 Å². The number of rotatable bonds is 1. The summed E-state index contributed by atoms with van der Waals surface area (Å²) in [6, 6.07) is 8.31. The minimum Gasteiger partial charge on any atom is -0.380 e. The highest BCUT2D eigenvalue weighted by Gasteiger charge is 2.42. The molecule has 1 N–H and O–H groups in total. The summed E-state index contributed by atoms with van der Waals surface area (Å²) in [4.78, 5) is 0. The van der Waals surface area contributed by atoms with Crippen molar-refractivity contribution in [1.29, 1.82) is 0 Å². The molecular weight excluding hydrogens is 258 g/mol. The Hall–Kier alpha value is -1.74. The molecule has 0 saturated heterocycles. The molecular formula is C17H16F2O. The summed E-state index contributed by atoms with van der Waals surface area (Å²) >= 11 is 0. The van der Waals surface area contributed by atoms with Gasteiger partial charge in [0.1, 0.15) is 17.2 Å². The number of hydrogen-bond donors (Lipinski definition) is 1. The number of aliphatic hydroxyl groups is 1. The number of hydrogen-bond acceptors (Lipinski definition) is 1. The van der Waals surface area contributed by atoms with Crippen LogP contribution in [-0.2, 0) is 12.0 Å². The molecule has 0 aromatic heterocycles. The van der Waals surface area contributed by atoms with E-state index in [4.69, 9.17) is 0 Å². The van der Waals surface area contributed by atoms with E-state index in [-0.39, 0.29) is 5.56 Å². The van der Waals surface area contributed by atoms with E-state index >= 15 is 0 Å². The second-order valence-electron chi connectivity index (χ2n) is 5.57. The average molecular weight is 274 g/mol. The Labute approximate surface area is 116 Å². The Morgan fingerprint density at radius 1 is 1.10 bits per heavy atom. The molecule has 1 aliphatic rings. The second kappa shape index (κ2) is 4.38. The molecule has 0 amide bonds. The van der Waals surface area contributed by atoms with Gasteiger partial charge in [0.05, 0.1) is 5.56 Å². The van der Waals surface area contributed by atoms with Crippen LogP contribution >= 0.6 is 0 Å². The first-order chi connectivity index (χ1) is 9.43. The van der Waals surface area contributed by atoms with E-state index in [9.17, 15) is 13.9 Å². The van der Waals surface area contributed by atoms with Crippen molar-refractivity contribution in [1.82, 2.24) is 0 Å². The molecule has 2 aromatic carbocycles. The predicted octanol–water partition coefficient (Wildman–Crippen LogP) is 3.76. The lowest BCUT2D eigenvalue weighted by atomic mass is 9.85. The summed E-state index contributed by atoms with van der Waals surface area (Å²) in [6.07, 6.45) is 0.933. The molecule has 0 aliphatic heterocycles. The number of aryl methyl sites for hydroxylation is 3. The van der Waals surface area contributed by atoms with Crippen LogP contribution in [0.1, 0.15) is 34.2 Å². The monoisotopic (exact) mass is 274 g/mol. The third-order valence-electron chi connectivity index (χ3n) is 4.16. The summed E-state index contributed by atoms with van der Waals surface area (Å²) in [6.45, 7) is 3.48. The minimum atomic E-state index is -1.57. The van der Waals surface area contributed by atoms with Crippen molar-refractivity contribution >= 4 is 0 Å². The molecule has 2 aromatic rings. The van der Waals surface area contributed by atoms with E-state index in [0.29, 0.717) is 24.0 Å². The highest BCUT2D eigenvalue weighted by atomic mass is 19.1. The normalized spacial score (nSPS) is 21.1.